The van der Waals surface area contributed by atoms with Crippen LogP contribution in [0.3, 0.4) is 0 Å². The van der Waals surface area contributed by atoms with Crippen LogP contribution in [0.4, 0.5) is 11.6 Å². The fourth-order valence-electron chi connectivity index (χ4n) is 2.17. The first-order valence-electron chi connectivity index (χ1n) is 6.12. The third-order valence-electron chi connectivity index (χ3n) is 3.40. The molecule has 2 atom stereocenters. The summed E-state index contributed by atoms with van der Waals surface area (Å²) in [6.07, 6.45) is 1.63. The lowest BCUT2D eigenvalue weighted by atomic mass is 10.0. The number of nitrogens with zero attached hydrogens (tertiary/aromatic N) is 3. The summed E-state index contributed by atoms with van der Waals surface area (Å²) >= 11 is 3.60. The maximum Gasteiger partial charge on any atom is 0.148 e. The summed E-state index contributed by atoms with van der Waals surface area (Å²) in [5, 5.41) is 3.24. The Labute approximate surface area is 111 Å². The molecule has 0 radical (unpaired) electrons. The highest BCUT2D eigenvalue weighted by molar-refractivity contribution is 9.10. The van der Waals surface area contributed by atoms with E-state index in [1.807, 2.05) is 0 Å². The van der Waals surface area contributed by atoms with Crippen molar-refractivity contribution >= 4 is 27.6 Å². The third-order valence-corrected chi connectivity index (χ3v) is 4.13. The molecule has 4 nitrogen and oxygen atoms in total. The Bertz CT molecular complexity index is 386. The van der Waals surface area contributed by atoms with Gasteiger partial charge in [0, 0.05) is 19.6 Å². The standard InChI is InChI=1S/C12H19BrN4/c1-4-14-11-10(13)12(16-7-15-11)17-5-8(2)9(3)6-17/h7-9H,4-6H2,1-3H3,(H,14,15,16). The lowest BCUT2D eigenvalue weighted by molar-refractivity contribution is 0.494. The first-order chi connectivity index (χ1) is 8.13. The maximum absolute atomic E-state index is 4.40. The van der Waals surface area contributed by atoms with Gasteiger partial charge in [0.05, 0.1) is 0 Å². The number of aromatic nitrogens is 2. The van der Waals surface area contributed by atoms with Crippen molar-refractivity contribution in [2.75, 3.05) is 29.9 Å². The number of nitrogens with one attached hydrogen (secondary N) is 1. The Morgan fingerprint density at radius 3 is 2.59 bits per heavy atom. The molecule has 2 heterocycles. The monoisotopic (exact) mass is 298 g/mol. The number of hydrogen-bond donors (Lipinski definition) is 1. The van der Waals surface area contributed by atoms with Crippen LogP contribution in [0.15, 0.2) is 10.8 Å². The normalized spacial score (nSPS) is 24.1. The molecule has 1 aromatic heterocycles. The summed E-state index contributed by atoms with van der Waals surface area (Å²) in [6.45, 7) is 9.66. The molecule has 0 saturated carbocycles. The number of rotatable bonds is 3. The second-order valence-electron chi connectivity index (χ2n) is 4.75. The van der Waals surface area contributed by atoms with Gasteiger partial charge in [-0.1, -0.05) is 13.8 Å². The topological polar surface area (TPSA) is 41.1 Å². The summed E-state index contributed by atoms with van der Waals surface area (Å²) in [5.41, 5.74) is 0. The minimum Gasteiger partial charge on any atom is -0.369 e. The fourth-order valence-corrected chi connectivity index (χ4v) is 2.77. The van der Waals surface area contributed by atoms with Crippen molar-refractivity contribution in [1.82, 2.24) is 9.97 Å². The first kappa shape index (κ1) is 12.6. The molecule has 5 heteroatoms. The molecule has 1 saturated heterocycles. The highest BCUT2D eigenvalue weighted by Gasteiger charge is 2.28. The summed E-state index contributed by atoms with van der Waals surface area (Å²) < 4.78 is 0.975. The van der Waals surface area contributed by atoms with Gasteiger partial charge in [0.1, 0.15) is 22.4 Å². The SMILES string of the molecule is CCNc1ncnc(N2CC(C)C(C)C2)c1Br. The molecule has 1 N–H and O–H groups in total. The van der Waals surface area contributed by atoms with E-state index in [-0.39, 0.29) is 0 Å². The van der Waals surface area contributed by atoms with Gasteiger partial charge in [0.2, 0.25) is 0 Å². The molecule has 1 aliphatic heterocycles. The third kappa shape index (κ3) is 2.54. The van der Waals surface area contributed by atoms with Crippen LogP contribution in [0.5, 0.6) is 0 Å². The summed E-state index contributed by atoms with van der Waals surface area (Å²) in [5.74, 6) is 3.33. The van der Waals surface area contributed by atoms with Crippen molar-refractivity contribution < 1.29 is 0 Å². The second kappa shape index (κ2) is 5.21. The molecule has 0 bridgehead atoms. The van der Waals surface area contributed by atoms with Gasteiger partial charge in [0.15, 0.2) is 0 Å². The van der Waals surface area contributed by atoms with Crippen LogP contribution in [0, 0.1) is 11.8 Å². The molecular weight excluding hydrogens is 280 g/mol. The first-order valence-corrected chi connectivity index (χ1v) is 6.92. The molecule has 0 aliphatic carbocycles. The molecule has 0 spiro atoms. The predicted molar refractivity (Wildman–Crippen MR) is 74.4 cm³/mol. The van der Waals surface area contributed by atoms with E-state index in [1.165, 1.54) is 0 Å². The maximum atomic E-state index is 4.40. The summed E-state index contributed by atoms with van der Waals surface area (Å²) in [7, 11) is 0. The van der Waals surface area contributed by atoms with Crippen LogP contribution in [0.25, 0.3) is 0 Å². The van der Waals surface area contributed by atoms with E-state index in [2.05, 4.69) is 56.9 Å². The molecule has 1 aliphatic rings. The summed E-state index contributed by atoms with van der Waals surface area (Å²) in [6, 6.07) is 0. The molecule has 2 unspecified atom stereocenters. The Balaban J connectivity index is 2.24. The molecule has 1 fully saturated rings. The van der Waals surface area contributed by atoms with Gasteiger partial charge < -0.3 is 10.2 Å². The van der Waals surface area contributed by atoms with E-state index in [0.717, 1.165) is 47.6 Å². The van der Waals surface area contributed by atoms with Crippen molar-refractivity contribution in [2.24, 2.45) is 11.8 Å². The largest absolute Gasteiger partial charge is 0.369 e. The van der Waals surface area contributed by atoms with Gasteiger partial charge in [-0.3, -0.25) is 0 Å². The van der Waals surface area contributed by atoms with Crippen molar-refractivity contribution in [1.29, 1.82) is 0 Å². The Hall–Kier alpha value is -0.840. The van der Waals surface area contributed by atoms with Crippen LogP contribution in [0.2, 0.25) is 0 Å². The average molecular weight is 299 g/mol. The number of halogens is 1. The second-order valence-corrected chi connectivity index (χ2v) is 5.54. The van der Waals surface area contributed by atoms with Gasteiger partial charge in [-0.15, -0.1) is 0 Å². The van der Waals surface area contributed by atoms with Crippen LogP contribution in [-0.4, -0.2) is 29.6 Å². The zero-order valence-electron chi connectivity index (χ0n) is 10.6. The molecule has 0 amide bonds. The highest BCUT2D eigenvalue weighted by atomic mass is 79.9. The van der Waals surface area contributed by atoms with E-state index < -0.39 is 0 Å². The Morgan fingerprint density at radius 2 is 2.00 bits per heavy atom. The molecule has 17 heavy (non-hydrogen) atoms. The van der Waals surface area contributed by atoms with Gasteiger partial charge in [-0.25, -0.2) is 9.97 Å². The van der Waals surface area contributed by atoms with Crippen molar-refractivity contribution in [3.8, 4) is 0 Å². The van der Waals surface area contributed by atoms with E-state index in [4.69, 9.17) is 0 Å². The lowest BCUT2D eigenvalue weighted by Crippen LogP contribution is -2.22. The molecule has 2 rings (SSSR count). The van der Waals surface area contributed by atoms with E-state index in [1.54, 1.807) is 6.33 Å². The van der Waals surface area contributed by atoms with Crippen molar-refractivity contribution in [2.45, 2.75) is 20.8 Å². The van der Waals surface area contributed by atoms with E-state index >= 15 is 0 Å². The quantitative estimate of drug-likeness (QED) is 0.932. The number of anilines is 2. The Morgan fingerprint density at radius 1 is 1.35 bits per heavy atom. The van der Waals surface area contributed by atoms with Gasteiger partial charge in [-0.05, 0) is 34.7 Å². The van der Waals surface area contributed by atoms with Gasteiger partial charge >= 0.3 is 0 Å². The van der Waals surface area contributed by atoms with Crippen molar-refractivity contribution in [3.63, 3.8) is 0 Å². The smallest absolute Gasteiger partial charge is 0.148 e. The summed E-state index contributed by atoms with van der Waals surface area (Å²) in [4.78, 5) is 11.0. The lowest BCUT2D eigenvalue weighted by Gasteiger charge is -2.19. The number of hydrogen-bond acceptors (Lipinski definition) is 4. The minimum absolute atomic E-state index is 0.722. The van der Waals surface area contributed by atoms with Crippen molar-refractivity contribution in [3.05, 3.63) is 10.8 Å². The van der Waals surface area contributed by atoms with Gasteiger partial charge in [-0.2, -0.15) is 0 Å². The highest BCUT2D eigenvalue weighted by Crippen LogP contribution is 2.34. The average Bonchev–Trinajstić information content (AvgIpc) is 2.62. The Kier molecular flexibility index (Phi) is 3.86. The van der Waals surface area contributed by atoms with Crippen LogP contribution >= 0.6 is 15.9 Å². The van der Waals surface area contributed by atoms with Crippen LogP contribution < -0.4 is 10.2 Å². The molecule has 94 valence electrons. The fraction of sp³-hybridized carbons (Fsp3) is 0.667. The van der Waals surface area contributed by atoms with E-state index in [9.17, 15) is 0 Å². The van der Waals surface area contributed by atoms with E-state index in [0.29, 0.717) is 0 Å². The van der Waals surface area contributed by atoms with Crippen LogP contribution in [0.1, 0.15) is 20.8 Å². The van der Waals surface area contributed by atoms with Gasteiger partial charge in [0.25, 0.3) is 0 Å². The zero-order valence-corrected chi connectivity index (χ0v) is 12.2. The zero-order chi connectivity index (χ0) is 12.4. The van der Waals surface area contributed by atoms with Crippen LogP contribution in [-0.2, 0) is 0 Å². The predicted octanol–water partition coefficient (Wildman–Crippen LogP) is 2.76. The molecule has 1 aromatic rings. The molecule has 0 aromatic carbocycles. The minimum atomic E-state index is 0.722. The molecular formula is C12H19BrN4.